The van der Waals surface area contributed by atoms with E-state index in [-0.39, 0.29) is 11.3 Å². The van der Waals surface area contributed by atoms with Crippen molar-refractivity contribution in [2.75, 3.05) is 46.0 Å². The zero-order valence-corrected chi connectivity index (χ0v) is 21.7. The molecule has 2 fully saturated rings. The van der Waals surface area contributed by atoms with Crippen LogP contribution in [0.1, 0.15) is 29.8 Å². The van der Waals surface area contributed by atoms with E-state index >= 15 is 0 Å². The Balaban J connectivity index is 1.57. The topological polar surface area (TPSA) is 97.1 Å². The molecule has 2 aliphatic heterocycles. The van der Waals surface area contributed by atoms with Gasteiger partial charge in [-0.2, -0.15) is 5.10 Å². The second kappa shape index (κ2) is 11.2. The number of hydrogen-bond acceptors (Lipinski definition) is 7. The molecule has 38 heavy (non-hydrogen) atoms. The van der Waals surface area contributed by atoms with Gasteiger partial charge in [0, 0.05) is 26.2 Å². The van der Waals surface area contributed by atoms with Gasteiger partial charge in [0.05, 0.1) is 54.6 Å². The molecule has 0 radical (unpaired) electrons. The van der Waals surface area contributed by atoms with Gasteiger partial charge in [0.1, 0.15) is 11.5 Å². The van der Waals surface area contributed by atoms with Crippen LogP contribution in [0.25, 0.3) is 11.4 Å². The smallest absolute Gasteiger partial charge is 0.295 e. The molecule has 198 valence electrons. The molecule has 9 nitrogen and oxygen atoms in total. The third-order valence-electron chi connectivity index (χ3n) is 7.05. The van der Waals surface area contributed by atoms with Gasteiger partial charge in [0.2, 0.25) is 0 Å². The van der Waals surface area contributed by atoms with E-state index in [9.17, 15) is 14.7 Å². The lowest BCUT2D eigenvalue weighted by Crippen LogP contribution is -2.42. The number of rotatable bonds is 8. The van der Waals surface area contributed by atoms with Gasteiger partial charge in [-0.3, -0.25) is 14.5 Å². The number of Topliss-reactive ketones (excluding diaryl/α,β-unsaturated/α-hetero) is 1. The molecule has 3 heterocycles. The number of ketones is 1. The number of aliphatic hydroxyl groups is 1. The number of morpholine rings is 1. The summed E-state index contributed by atoms with van der Waals surface area (Å²) in [5, 5.41) is 16.0. The summed E-state index contributed by atoms with van der Waals surface area (Å²) in [7, 11) is 0. The molecule has 2 saturated heterocycles. The van der Waals surface area contributed by atoms with Crippen molar-refractivity contribution in [3.8, 4) is 11.4 Å². The summed E-state index contributed by atoms with van der Waals surface area (Å²) in [5.41, 5.74) is 2.66. The predicted octanol–water partition coefficient (Wildman–Crippen LogP) is 3.33. The summed E-state index contributed by atoms with van der Waals surface area (Å²) < 4.78 is 12.8. The minimum atomic E-state index is -0.754. The highest BCUT2D eigenvalue weighted by Gasteiger charge is 2.46. The third-order valence-corrected chi connectivity index (χ3v) is 7.05. The van der Waals surface area contributed by atoms with Crippen LogP contribution in [-0.4, -0.2) is 82.4 Å². The van der Waals surface area contributed by atoms with Gasteiger partial charge in [0.15, 0.2) is 0 Å². The normalized spacial score (nSPS) is 19.7. The second-order valence-electron chi connectivity index (χ2n) is 9.34. The van der Waals surface area contributed by atoms with Gasteiger partial charge in [-0.1, -0.05) is 30.3 Å². The molecular weight excluding hydrogens is 484 g/mol. The molecular formula is C29H32N4O5. The molecule has 3 aromatic rings. The molecule has 1 atom stereocenters. The molecule has 2 aromatic carbocycles. The lowest BCUT2D eigenvalue weighted by Gasteiger charge is -2.31. The summed E-state index contributed by atoms with van der Waals surface area (Å²) in [6, 6.07) is 16.1. The monoisotopic (exact) mass is 516 g/mol. The number of amides is 1. The minimum Gasteiger partial charge on any atom is -0.507 e. The summed E-state index contributed by atoms with van der Waals surface area (Å²) in [6.07, 6.45) is 1.53. The van der Waals surface area contributed by atoms with E-state index < -0.39 is 17.7 Å². The van der Waals surface area contributed by atoms with Crippen molar-refractivity contribution in [2.45, 2.75) is 19.9 Å². The Labute approximate surface area is 221 Å². The maximum atomic E-state index is 13.5. The average molecular weight is 517 g/mol. The minimum absolute atomic E-state index is 0.0568. The van der Waals surface area contributed by atoms with E-state index in [4.69, 9.17) is 9.47 Å². The number of ether oxygens (including phenoxy) is 2. The lowest BCUT2D eigenvalue weighted by molar-refractivity contribution is -0.140. The Morgan fingerprint density at radius 2 is 1.84 bits per heavy atom. The molecule has 5 rings (SSSR count). The van der Waals surface area contributed by atoms with Gasteiger partial charge in [-0.25, -0.2) is 4.68 Å². The fraction of sp³-hybridized carbons (Fsp3) is 0.345. The van der Waals surface area contributed by atoms with Crippen molar-refractivity contribution in [1.29, 1.82) is 0 Å². The first kappa shape index (κ1) is 25.7. The van der Waals surface area contributed by atoms with Crippen LogP contribution in [0.15, 0.2) is 66.4 Å². The highest BCUT2D eigenvalue weighted by molar-refractivity contribution is 6.46. The highest BCUT2D eigenvalue weighted by Crippen LogP contribution is 2.40. The van der Waals surface area contributed by atoms with Crippen molar-refractivity contribution >= 4 is 17.4 Å². The van der Waals surface area contributed by atoms with E-state index in [2.05, 4.69) is 10.00 Å². The van der Waals surface area contributed by atoms with Gasteiger partial charge in [-0.15, -0.1) is 0 Å². The number of para-hydroxylation sites is 1. The molecule has 1 amide bonds. The molecule has 1 N–H and O–H groups in total. The van der Waals surface area contributed by atoms with Gasteiger partial charge in [0.25, 0.3) is 11.7 Å². The maximum absolute atomic E-state index is 13.5. The van der Waals surface area contributed by atoms with Crippen molar-refractivity contribution < 1.29 is 24.2 Å². The number of carbonyl (C=O) groups excluding carboxylic acids is 2. The van der Waals surface area contributed by atoms with Crippen LogP contribution in [0.5, 0.6) is 5.75 Å². The zero-order valence-electron chi connectivity index (χ0n) is 21.7. The van der Waals surface area contributed by atoms with E-state index in [1.807, 2.05) is 68.4 Å². The first-order valence-corrected chi connectivity index (χ1v) is 12.9. The Hall–Kier alpha value is -3.95. The van der Waals surface area contributed by atoms with E-state index in [0.717, 1.165) is 18.8 Å². The molecule has 0 bridgehead atoms. The van der Waals surface area contributed by atoms with Gasteiger partial charge >= 0.3 is 0 Å². The Bertz CT molecular complexity index is 1340. The largest absolute Gasteiger partial charge is 0.507 e. The molecule has 0 saturated carbocycles. The Kier molecular flexibility index (Phi) is 7.57. The number of aromatic nitrogens is 2. The molecule has 1 aromatic heterocycles. The SMILES string of the molecule is CCOc1cccc([C@@H]2C(=C(O)c3cnn(-c4ccccc4)c3C)C(=O)C(=O)N2CCN2CCOCC2)c1. The summed E-state index contributed by atoms with van der Waals surface area (Å²) >= 11 is 0. The van der Waals surface area contributed by atoms with Crippen molar-refractivity contribution in [3.05, 3.63) is 83.2 Å². The second-order valence-corrected chi connectivity index (χ2v) is 9.34. The number of hydrogen-bond donors (Lipinski definition) is 1. The molecule has 9 heteroatoms. The van der Waals surface area contributed by atoms with Crippen LogP contribution >= 0.6 is 0 Å². The predicted molar refractivity (Wildman–Crippen MR) is 142 cm³/mol. The number of likely N-dealkylation sites (tertiary alicyclic amines) is 1. The van der Waals surface area contributed by atoms with Crippen LogP contribution < -0.4 is 4.74 Å². The average Bonchev–Trinajstić information content (AvgIpc) is 3.45. The lowest BCUT2D eigenvalue weighted by atomic mass is 9.95. The van der Waals surface area contributed by atoms with Crippen LogP contribution in [-0.2, 0) is 14.3 Å². The van der Waals surface area contributed by atoms with E-state index in [1.54, 1.807) is 9.58 Å². The van der Waals surface area contributed by atoms with Gasteiger partial charge < -0.3 is 19.5 Å². The summed E-state index contributed by atoms with van der Waals surface area (Å²) in [5.74, 6) is -0.927. The van der Waals surface area contributed by atoms with Crippen LogP contribution in [0.3, 0.4) is 0 Å². The molecule has 0 unspecified atom stereocenters. The van der Waals surface area contributed by atoms with Crippen molar-refractivity contribution in [3.63, 3.8) is 0 Å². The molecule has 2 aliphatic rings. The van der Waals surface area contributed by atoms with Crippen molar-refractivity contribution in [2.24, 2.45) is 0 Å². The fourth-order valence-corrected chi connectivity index (χ4v) is 5.09. The van der Waals surface area contributed by atoms with Crippen molar-refractivity contribution in [1.82, 2.24) is 19.6 Å². The van der Waals surface area contributed by atoms with Crippen LogP contribution in [0.4, 0.5) is 0 Å². The van der Waals surface area contributed by atoms with E-state index in [1.165, 1.54) is 6.20 Å². The highest BCUT2D eigenvalue weighted by atomic mass is 16.5. The molecule has 0 aliphatic carbocycles. The number of nitrogens with zero attached hydrogens (tertiary/aromatic N) is 4. The van der Waals surface area contributed by atoms with Gasteiger partial charge in [-0.05, 0) is 43.7 Å². The first-order chi connectivity index (χ1) is 18.5. The quantitative estimate of drug-likeness (QED) is 0.279. The first-order valence-electron chi connectivity index (χ1n) is 12.9. The maximum Gasteiger partial charge on any atom is 0.295 e. The Morgan fingerprint density at radius 1 is 1.08 bits per heavy atom. The summed E-state index contributed by atoms with van der Waals surface area (Å²) in [6.45, 7) is 7.97. The fourth-order valence-electron chi connectivity index (χ4n) is 5.09. The van der Waals surface area contributed by atoms with E-state index in [0.29, 0.717) is 55.5 Å². The standard InChI is InChI=1S/C29H32N4O5/c1-3-38-23-11-7-8-21(18-23)26-25(28(35)29(36)32(26)13-12-31-14-16-37-17-15-31)27(34)24-19-30-33(20(24)2)22-9-5-4-6-10-22/h4-11,18-19,26,34H,3,12-17H2,1-2H3/t26-/m1/s1. The Morgan fingerprint density at radius 3 is 2.58 bits per heavy atom. The number of benzene rings is 2. The third kappa shape index (κ3) is 4.94. The number of aliphatic hydroxyl groups excluding tert-OH is 1. The molecule has 0 spiro atoms. The van der Waals surface area contributed by atoms with Crippen LogP contribution in [0.2, 0.25) is 0 Å². The number of carbonyl (C=O) groups is 2. The zero-order chi connectivity index (χ0) is 26.6. The van der Waals surface area contributed by atoms with Crippen LogP contribution in [0, 0.1) is 6.92 Å². The summed E-state index contributed by atoms with van der Waals surface area (Å²) in [4.78, 5) is 30.6.